The number of ether oxygens (including phenoxy) is 1. The van der Waals surface area contributed by atoms with Gasteiger partial charge in [-0.1, -0.05) is 30.3 Å². The summed E-state index contributed by atoms with van der Waals surface area (Å²) in [4.78, 5) is 11.7. The van der Waals surface area contributed by atoms with E-state index >= 15 is 0 Å². The van der Waals surface area contributed by atoms with Gasteiger partial charge in [0.05, 0.1) is 29.7 Å². The Bertz CT molecular complexity index is 1290. The lowest BCUT2D eigenvalue weighted by atomic mass is 10.1. The minimum Gasteiger partial charge on any atom is -0.496 e. The fourth-order valence-corrected chi connectivity index (χ4v) is 3.48. The first-order chi connectivity index (χ1) is 15.5. The predicted octanol–water partition coefficient (Wildman–Crippen LogP) is 4.59. The van der Waals surface area contributed by atoms with Crippen molar-refractivity contribution in [2.45, 2.75) is 6.54 Å². The van der Waals surface area contributed by atoms with Crippen LogP contribution in [0.1, 0.15) is 15.9 Å². The highest BCUT2D eigenvalue weighted by Gasteiger charge is 2.18. The zero-order valence-corrected chi connectivity index (χ0v) is 17.2. The molecule has 1 aromatic heterocycles. The molecule has 1 heterocycles. The molecule has 0 saturated carbocycles. The number of nitrogens with two attached hydrogens (primary N) is 1. The van der Waals surface area contributed by atoms with E-state index in [1.165, 1.54) is 6.07 Å². The third-order valence-electron chi connectivity index (χ3n) is 5.01. The summed E-state index contributed by atoms with van der Waals surface area (Å²) in [6, 6.07) is 20.1. The summed E-state index contributed by atoms with van der Waals surface area (Å²) in [7, 11) is 1.57. The Morgan fingerprint density at radius 1 is 1.12 bits per heavy atom. The Kier molecular flexibility index (Phi) is 5.87. The van der Waals surface area contributed by atoms with Gasteiger partial charge in [0.2, 0.25) is 0 Å². The van der Waals surface area contributed by atoms with E-state index in [-0.39, 0.29) is 17.8 Å². The number of nitrogens with one attached hydrogen (secondary N) is 1. The van der Waals surface area contributed by atoms with Crippen molar-refractivity contribution in [1.82, 2.24) is 9.78 Å². The van der Waals surface area contributed by atoms with Gasteiger partial charge in [0.1, 0.15) is 17.4 Å². The molecule has 4 aromatic rings. The summed E-state index contributed by atoms with van der Waals surface area (Å²) < 4.78 is 21.0. The van der Waals surface area contributed by atoms with E-state index in [1.807, 2.05) is 48.5 Å². The fraction of sp³-hybridized carbons (Fsp3) is 0.0833. The van der Waals surface area contributed by atoms with Gasteiger partial charge in [-0.05, 0) is 42.0 Å². The zero-order chi connectivity index (χ0) is 22.7. The number of carboxylic acid groups (broad SMARTS) is 1. The van der Waals surface area contributed by atoms with Crippen LogP contribution < -0.4 is 15.8 Å². The van der Waals surface area contributed by atoms with Crippen molar-refractivity contribution >= 4 is 17.5 Å². The largest absolute Gasteiger partial charge is 0.496 e. The smallest absolute Gasteiger partial charge is 0.337 e. The zero-order valence-electron chi connectivity index (χ0n) is 17.2. The van der Waals surface area contributed by atoms with Gasteiger partial charge in [-0.3, -0.25) is 0 Å². The van der Waals surface area contributed by atoms with Gasteiger partial charge in [0.15, 0.2) is 0 Å². The van der Waals surface area contributed by atoms with Crippen LogP contribution in [0.25, 0.3) is 16.9 Å². The van der Waals surface area contributed by atoms with E-state index in [2.05, 4.69) is 5.32 Å². The second-order valence-corrected chi connectivity index (χ2v) is 6.98. The molecule has 32 heavy (non-hydrogen) atoms. The van der Waals surface area contributed by atoms with Crippen LogP contribution >= 0.6 is 0 Å². The molecule has 0 aliphatic rings. The molecule has 0 atom stereocenters. The number of rotatable bonds is 7. The molecular formula is C24H21FN4O3. The van der Waals surface area contributed by atoms with Crippen molar-refractivity contribution in [2.75, 3.05) is 12.4 Å². The van der Waals surface area contributed by atoms with Crippen LogP contribution in [0.4, 0.5) is 15.9 Å². The molecule has 7 nitrogen and oxygen atoms in total. The molecule has 3 aromatic carbocycles. The number of aromatic carboxylic acids is 1. The Morgan fingerprint density at radius 2 is 1.88 bits per heavy atom. The standard InChI is InChI=1S/C24H21FN4O3/c1-32-22-9-5-3-7-17(22)20-13-23(27-19-12-16(25)10-11-18(19)24(30)31)29(28-20)21-8-4-2-6-15(21)14-26/h2-13,27H,14,26H2,1H3,(H,30,31). The number of carbonyl (C=O) groups is 1. The lowest BCUT2D eigenvalue weighted by molar-refractivity contribution is 0.0698. The van der Waals surface area contributed by atoms with Gasteiger partial charge >= 0.3 is 5.97 Å². The highest BCUT2D eigenvalue weighted by atomic mass is 19.1. The number of anilines is 2. The molecule has 8 heteroatoms. The molecule has 4 rings (SSSR count). The molecular weight excluding hydrogens is 411 g/mol. The third kappa shape index (κ3) is 4.03. The molecule has 0 fully saturated rings. The fourth-order valence-electron chi connectivity index (χ4n) is 3.48. The molecule has 0 aliphatic carbocycles. The van der Waals surface area contributed by atoms with Crippen molar-refractivity contribution in [3.8, 4) is 22.7 Å². The van der Waals surface area contributed by atoms with Crippen LogP contribution in [0, 0.1) is 5.82 Å². The number of carboxylic acids is 1. The van der Waals surface area contributed by atoms with Gasteiger partial charge < -0.3 is 20.9 Å². The first kappa shape index (κ1) is 21.1. The Hall–Kier alpha value is -4.17. The lowest BCUT2D eigenvalue weighted by Crippen LogP contribution is -2.10. The van der Waals surface area contributed by atoms with E-state index < -0.39 is 11.8 Å². The molecule has 0 spiro atoms. The maximum atomic E-state index is 13.9. The van der Waals surface area contributed by atoms with E-state index in [0.29, 0.717) is 22.9 Å². The lowest BCUT2D eigenvalue weighted by Gasteiger charge is -2.14. The van der Waals surface area contributed by atoms with Crippen molar-refractivity contribution in [3.63, 3.8) is 0 Å². The Morgan fingerprint density at radius 3 is 2.62 bits per heavy atom. The molecule has 0 radical (unpaired) electrons. The number of nitrogens with zero attached hydrogens (tertiary/aromatic N) is 2. The molecule has 0 saturated heterocycles. The highest BCUT2D eigenvalue weighted by molar-refractivity contribution is 5.95. The van der Waals surface area contributed by atoms with Gasteiger partial charge in [0, 0.05) is 18.2 Å². The Labute approximate surface area is 183 Å². The number of benzene rings is 3. The summed E-state index contributed by atoms with van der Waals surface area (Å²) in [5.74, 6) is -0.658. The molecule has 0 unspecified atom stereocenters. The van der Waals surface area contributed by atoms with Crippen LogP contribution in [0.5, 0.6) is 5.75 Å². The second kappa shape index (κ2) is 8.91. The molecule has 0 amide bonds. The van der Waals surface area contributed by atoms with Crippen molar-refractivity contribution in [1.29, 1.82) is 0 Å². The minimum absolute atomic E-state index is 0.0647. The van der Waals surface area contributed by atoms with E-state index in [0.717, 1.165) is 23.3 Å². The second-order valence-electron chi connectivity index (χ2n) is 6.98. The van der Waals surface area contributed by atoms with Crippen molar-refractivity contribution < 1.29 is 19.0 Å². The molecule has 4 N–H and O–H groups in total. The summed E-state index contributed by atoms with van der Waals surface area (Å²) in [6.45, 7) is 0.278. The third-order valence-corrected chi connectivity index (χ3v) is 5.01. The number of para-hydroxylation sites is 2. The average Bonchev–Trinajstić information content (AvgIpc) is 3.22. The van der Waals surface area contributed by atoms with Crippen LogP contribution in [0.15, 0.2) is 72.8 Å². The first-order valence-electron chi connectivity index (χ1n) is 9.83. The van der Waals surface area contributed by atoms with Crippen molar-refractivity contribution in [3.05, 3.63) is 89.7 Å². The van der Waals surface area contributed by atoms with Gasteiger partial charge in [-0.2, -0.15) is 5.10 Å². The van der Waals surface area contributed by atoms with E-state index in [9.17, 15) is 14.3 Å². The van der Waals surface area contributed by atoms with Gasteiger partial charge in [-0.15, -0.1) is 0 Å². The van der Waals surface area contributed by atoms with Crippen molar-refractivity contribution in [2.24, 2.45) is 5.73 Å². The van der Waals surface area contributed by atoms with Gasteiger partial charge in [0.25, 0.3) is 0 Å². The monoisotopic (exact) mass is 432 g/mol. The van der Waals surface area contributed by atoms with Gasteiger partial charge in [-0.25, -0.2) is 13.9 Å². The predicted molar refractivity (Wildman–Crippen MR) is 120 cm³/mol. The van der Waals surface area contributed by atoms with Crippen LogP contribution in [0.3, 0.4) is 0 Å². The summed E-state index contributed by atoms with van der Waals surface area (Å²) in [6.07, 6.45) is 0. The average molecular weight is 432 g/mol. The number of aromatic nitrogens is 2. The SMILES string of the molecule is COc1ccccc1-c1cc(Nc2cc(F)ccc2C(=O)O)n(-c2ccccc2CN)n1. The number of hydrogen-bond acceptors (Lipinski definition) is 5. The highest BCUT2D eigenvalue weighted by Crippen LogP contribution is 2.34. The summed E-state index contributed by atoms with van der Waals surface area (Å²) >= 11 is 0. The minimum atomic E-state index is -1.18. The van der Waals surface area contributed by atoms with E-state index in [1.54, 1.807) is 17.9 Å². The normalized spacial score (nSPS) is 10.7. The molecule has 0 bridgehead atoms. The topological polar surface area (TPSA) is 102 Å². The number of methoxy groups -OCH3 is 1. The number of halogens is 1. The van der Waals surface area contributed by atoms with E-state index in [4.69, 9.17) is 15.6 Å². The maximum absolute atomic E-state index is 13.9. The quantitative estimate of drug-likeness (QED) is 0.395. The van der Waals surface area contributed by atoms with Crippen LogP contribution in [-0.4, -0.2) is 28.0 Å². The maximum Gasteiger partial charge on any atom is 0.337 e. The van der Waals surface area contributed by atoms with Crippen LogP contribution in [-0.2, 0) is 6.54 Å². The first-order valence-corrected chi connectivity index (χ1v) is 9.83. The van der Waals surface area contributed by atoms with Crippen LogP contribution in [0.2, 0.25) is 0 Å². The number of hydrogen-bond donors (Lipinski definition) is 3. The summed E-state index contributed by atoms with van der Waals surface area (Å²) in [5, 5.41) is 17.3. The molecule has 162 valence electrons. The molecule has 0 aliphatic heterocycles. The Balaban J connectivity index is 1.91. The summed E-state index contributed by atoms with van der Waals surface area (Å²) in [5.41, 5.74) is 8.86.